The van der Waals surface area contributed by atoms with Gasteiger partial charge in [-0.1, -0.05) is 6.92 Å². The van der Waals surface area contributed by atoms with Crippen LogP contribution in [-0.2, 0) is 4.74 Å². The van der Waals surface area contributed by atoms with E-state index in [1.54, 1.807) is 6.92 Å². The predicted molar refractivity (Wildman–Crippen MR) is 42.3 cm³/mol. The lowest BCUT2D eigenvalue weighted by Gasteiger charge is -1.95. The summed E-state index contributed by atoms with van der Waals surface area (Å²) in [7, 11) is 1.22. The highest BCUT2D eigenvalue weighted by molar-refractivity contribution is 6.03. The maximum absolute atomic E-state index is 11.2. The van der Waals surface area contributed by atoms with E-state index in [0.29, 0.717) is 0 Å². The average Bonchev–Trinajstić information content (AvgIpc) is 2.63. The lowest BCUT2D eigenvalue weighted by atomic mass is 10.2. The number of H-pyrrole nitrogens is 1. The topological polar surface area (TPSA) is 84.9 Å². The number of hydrogen-bond donors (Lipinski definition) is 1. The zero-order valence-corrected chi connectivity index (χ0v) is 7.33. The van der Waals surface area contributed by atoms with E-state index >= 15 is 0 Å². The number of aromatic nitrogens is 3. The molecule has 6 nitrogen and oxygen atoms in total. The summed E-state index contributed by atoms with van der Waals surface area (Å²) in [6, 6.07) is 0. The lowest BCUT2D eigenvalue weighted by Crippen LogP contribution is -2.09. The van der Waals surface area contributed by atoms with Gasteiger partial charge in [-0.05, 0) is 0 Å². The summed E-state index contributed by atoms with van der Waals surface area (Å²) in [6.45, 7) is 1.68. The highest BCUT2D eigenvalue weighted by atomic mass is 16.5. The van der Waals surface area contributed by atoms with Crippen LogP contribution in [0, 0.1) is 0 Å². The van der Waals surface area contributed by atoms with Gasteiger partial charge in [0.15, 0.2) is 11.5 Å². The summed E-state index contributed by atoms with van der Waals surface area (Å²) in [5.74, 6) is -0.903. The Morgan fingerprint density at radius 2 is 2.00 bits per heavy atom. The van der Waals surface area contributed by atoms with Crippen molar-refractivity contribution in [1.29, 1.82) is 0 Å². The minimum atomic E-state index is -0.662. The first-order chi connectivity index (χ1) is 6.20. The van der Waals surface area contributed by atoms with E-state index in [1.165, 1.54) is 7.11 Å². The van der Waals surface area contributed by atoms with Crippen molar-refractivity contribution in [2.45, 2.75) is 13.3 Å². The van der Waals surface area contributed by atoms with Crippen molar-refractivity contribution < 1.29 is 14.3 Å². The lowest BCUT2D eigenvalue weighted by molar-refractivity contribution is 0.0590. The molecule has 0 bridgehead atoms. The third-order valence-electron chi connectivity index (χ3n) is 1.51. The second-order valence-electron chi connectivity index (χ2n) is 2.29. The van der Waals surface area contributed by atoms with Crippen molar-refractivity contribution in [1.82, 2.24) is 15.4 Å². The van der Waals surface area contributed by atoms with Crippen molar-refractivity contribution in [3.63, 3.8) is 0 Å². The normalized spacial score (nSPS) is 9.69. The van der Waals surface area contributed by atoms with Crippen LogP contribution in [-0.4, -0.2) is 34.3 Å². The molecule has 0 aromatic carbocycles. The monoisotopic (exact) mass is 183 g/mol. The van der Waals surface area contributed by atoms with Crippen molar-refractivity contribution in [3.05, 3.63) is 11.4 Å². The number of ketones is 1. The van der Waals surface area contributed by atoms with Gasteiger partial charge in [-0.3, -0.25) is 4.79 Å². The number of carbonyl (C=O) groups is 2. The average molecular weight is 183 g/mol. The van der Waals surface area contributed by atoms with Crippen molar-refractivity contribution in [3.8, 4) is 0 Å². The van der Waals surface area contributed by atoms with Crippen molar-refractivity contribution in [2.24, 2.45) is 0 Å². The first kappa shape index (κ1) is 9.37. The summed E-state index contributed by atoms with van der Waals surface area (Å²) < 4.78 is 4.42. The van der Waals surface area contributed by atoms with Crippen LogP contribution in [0.3, 0.4) is 0 Å². The Kier molecular flexibility index (Phi) is 2.73. The molecule has 0 saturated carbocycles. The molecule has 1 aromatic heterocycles. The van der Waals surface area contributed by atoms with Gasteiger partial charge in [0.1, 0.15) is 0 Å². The molecule has 1 heterocycles. The minimum Gasteiger partial charge on any atom is -0.464 e. The maximum atomic E-state index is 11.2. The van der Waals surface area contributed by atoms with Gasteiger partial charge < -0.3 is 4.74 Å². The van der Waals surface area contributed by atoms with Gasteiger partial charge in [0.05, 0.1) is 7.11 Å². The third-order valence-corrected chi connectivity index (χ3v) is 1.51. The number of rotatable bonds is 3. The molecule has 0 amide bonds. The molecule has 0 saturated heterocycles. The second-order valence-corrected chi connectivity index (χ2v) is 2.29. The smallest absolute Gasteiger partial charge is 0.361 e. The SMILES string of the molecule is CCC(=O)c1n[nH]nc1C(=O)OC. The summed E-state index contributed by atoms with van der Waals surface area (Å²) >= 11 is 0. The molecule has 13 heavy (non-hydrogen) atoms. The molecule has 70 valence electrons. The number of ether oxygens (including phenoxy) is 1. The van der Waals surface area contributed by atoms with E-state index in [2.05, 4.69) is 20.1 Å². The summed E-state index contributed by atoms with van der Waals surface area (Å²) in [5.41, 5.74) is -0.0244. The Balaban J connectivity index is 3.02. The summed E-state index contributed by atoms with van der Waals surface area (Å²) in [5, 5.41) is 9.30. The fourth-order valence-electron chi connectivity index (χ4n) is 0.832. The number of nitrogens with one attached hydrogen (secondary N) is 1. The van der Waals surface area contributed by atoms with Crippen LogP contribution >= 0.6 is 0 Å². The number of esters is 1. The molecule has 0 aliphatic carbocycles. The van der Waals surface area contributed by atoms with Gasteiger partial charge in [0, 0.05) is 6.42 Å². The maximum Gasteiger partial charge on any atom is 0.361 e. The molecule has 1 rings (SSSR count). The number of Topliss-reactive ketones (excluding diaryl/α,β-unsaturated/α-hetero) is 1. The van der Waals surface area contributed by atoms with E-state index in [4.69, 9.17) is 0 Å². The first-order valence-corrected chi connectivity index (χ1v) is 3.73. The number of aromatic amines is 1. The van der Waals surface area contributed by atoms with Gasteiger partial charge in [0.2, 0.25) is 5.69 Å². The number of methoxy groups -OCH3 is 1. The largest absolute Gasteiger partial charge is 0.464 e. The van der Waals surface area contributed by atoms with Crippen LogP contribution in [0.1, 0.15) is 34.3 Å². The summed E-state index contributed by atoms with van der Waals surface area (Å²) in [6.07, 6.45) is 0.274. The van der Waals surface area contributed by atoms with Gasteiger partial charge in [0.25, 0.3) is 0 Å². The van der Waals surface area contributed by atoms with E-state index in [0.717, 1.165) is 0 Å². The van der Waals surface area contributed by atoms with Gasteiger partial charge in [-0.15, -0.1) is 5.10 Å². The Bertz CT molecular complexity index is 301. The van der Waals surface area contributed by atoms with Crippen LogP contribution in [0.5, 0.6) is 0 Å². The second kappa shape index (κ2) is 3.79. The van der Waals surface area contributed by atoms with Gasteiger partial charge in [-0.2, -0.15) is 10.3 Å². The molecule has 0 spiro atoms. The zero-order valence-electron chi connectivity index (χ0n) is 7.33. The van der Waals surface area contributed by atoms with E-state index < -0.39 is 5.97 Å². The molecule has 0 fully saturated rings. The van der Waals surface area contributed by atoms with Crippen LogP contribution in [0.2, 0.25) is 0 Å². The van der Waals surface area contributed by atoms with Gasteiger partial charge in [-0.25, -0.2) is 4.79 Å². The zero-order chi connectivity index (χ0) is 9.84. The quantitative estimate of drug-likeness (QED) is 0.533. The molecule has 0 atom stereocenters. The highest BCUT2D eigenvalue weighted by Crippen LogP contribution is 2.05. The standard InChI is InChI=1S/C7H9N3O3/c1-3-4(11)5-6(7(12)13-2)9-10-8-5/h3H2,1-2H3,(H,8,9,10). The predicted octanol–water partition coefficient (Wildman–Crippen LogP) is 0.184. The molecule has 1 N–H and O–H groups in total. The first-order valence-electron chi connectivity index (χ1n) is 3.73. The van der Waals surface area contributed by atoms with Crippen molar-refractivity contribution >= 4 is 11.8 Å². The van der Waals surface area contributed by atoms with E-state index in [1.807, 2.05) is 0 Å². The molecule has 6 heteroatoms. The summed E-state index contributed by atoms with van der Waals surface area (Å²) in [4.78, 5) is 22.2. The minimum absolute atomic E-state index is 0.0364. The molecule has 0 radical (unpaired) electrons. The van der Waals surface area contributed by atoms with E-state index in [9.17, 15) is 9.59 Å². The highest BCUT2D eigenvalue weighted by Gasteiger charge is 2.21. The Labute approximate surface area is 74.3 Å². The van der Waals surface area contributed by atoms with Crippen molar-refractivity contribution in [2.75, 3.05) is 7.11 Å². The van der Waals surface area contributed by atoms with Crippen LogP contribution in [0.25, 0.3) is 0 Å². The van der Waals surface area contributed by atoms with Crippen LogP contribution < -0.4 is 0 Å². The molecular weight excluding hydrogens is 174 g/mol. The number of carbonyl (C=O) groups excluding carboxylic acids is 2. The molecule has 0 unspecified atom stereocenters. The molecule has 0 aliphatic rings. The van der Waals surface area contributed by atoms with E-state index in [-0.39, 0.29) is 23.6 Å². The van der Waals surface area contributed by atoms with Crippen LogP contribution in [0.15, 0.2) is 0 Å². The van der Waals surface area contributed by atoms with Gasteiger partial charge >= 0.3 is 5.97 Å². The fraction of sp³-hybridized carbons (Fsp3) is 0.429. The third kappa shape index (κ3) is 1.71. The Morgan fingerprint density at radius 1 is 1.38 bits per heavy atom. The molecule has 1 aromatic rings. The number of nitrogens with zero attached hydrogens (tertiary/aromatic N) is 2. The fourth-order valence-corrected chi connectivity index (χ4v) is 0.832. The molecular formula is C7H9N3O3. The number of hydrogen-bond acceptors (Lipinski definition) is 5. The molecule has 0 aliphatic heterocycles. The Hall–Kier alpha value is -1.72. The Morgan fingerprint density at radius 3 is 2.54 bits per heavy atom. The van der Waals surface area contributed by atoms with Crippen LogP contribution in [0.4, 0.5) is 0 Å².